The van der Waals surface area contributed by atoms with E-state index >= 15 is 4.39 Å². The van der Waals surface area contributed by atoms with Crippen molar-refractivity contribution in [3.8, 4) is 0 Å². The zero-order valence-corrected chi connectivity index (χ0v) is 13.3. The molecular weight excluding hydrogens is 284 g/mol. The van der Waals surface area contributed by atoms with Crippen molar-refractivity contribution in [1.82, 2.24) is 0 Å². The van der Waals surface area contributed by atoms with Crippen LogP contribution in [-0.4, -0.2) is 29.1 Å². The minimum atomic E-state index is -1.21. The van der Waals surface area contributed by atoms with Crippen LogP contribution >= 0.6 is 0 Å². The van der Waals surface area contributed by atoms with Crippen molar-refractivity contribution in [2.75, 3.05) is 0 Å². The van der Waals surface area contributed by atoms with Gasteiger partial charge >= 0.3 is 0 Å². The third-order valence-electron chi connectivity index (χ3n) is 7.55. The molecule has 0 aromatic carbocycles. The molecule has 3 saturated carbocycles. The molecule has 4 rings (SSSR count). The van der Waals surface area contributed by atoms with Crippen LogP contribution < -0.4 is 5.73 Å². The van der Waals surface area contributed by atoms with E-state index in [0.717, 1.165) is 12.0 Å². The van der Waals surface area contributed by atoms with E-state index < -0.39 is 17.9 Å². The third-order valence-corrected chi connectivity index (χ3v) is 7.55. The highest BCUT2D eigenvalue weighted by Crippen LogP contribution is 2.64. The van der Waals surface area contributed by atoms with Crippen LogP contribution in [0.4, 0.5) is 8.78 Å². The molecule has 0 aromatic rings. The number of hydrogen-bond donors (Lipinski definition) is 2. The summed E-state index contributed by atoms with van der Waals surface area (Å²) < 4.78 is 30.3. The molecule has 0 radical (unpaired) electrons. The number of hydrogen-bond acceptors (Lipinski definition) is 2. The Morgan fingerprint density at radius 2 is 2.05 bits per heavy atom. The van der Waals surface area contributed by atoms with E-state index in [1.54, 1.807) is 0 Å². The van der Waals surface area contributed by atoms with Crippen LogP contribution in [0.3, 0.4) is 0 Å². The molecule has 0 aromatic heterocycles. The highest BCUT2D eigenvalue weighted by Gasteiger charge is 2.64. The van der Waals surface area contributed by atoms with Crippen molar-refractivity contribution in [1.29, 1.82) is 0 Å². The molecule has 2 nitrogen and oxygen atoms in total. The second-order valence-corrected chi connectivity index (χ2v) is 8.43. The minimum Gasteiger partial charge on any atom is -0.393 e. The lowest BCUT2D eigenvalue weighted by Crippen LogP contribution is -2.57. The monoisotopic (exact) mass is 311 g/mol. The summed E-state index contributed by atoms with van der Waals surface area (Å²) in [5, 5.41) is 9.86. The van der Waals surface area contributed by atoms with Gasteiger partial charge in [0.05, 0.1) is 6.10 Å². The van der Waals surface area contributed by atoms with Crippen LogP contribution in [0.25, 0.3) is 0 Å². The van der Waals surface area contributed by atoms with Gasteiger partial charge in [0, 0.05) is 17.9 Å². The van der Waals surface area contributed by atoms with Crippen LogP contribution in [0, 0.1) is 23.2 Å². The summed E-state index contributed by atoms with van der Waals surface area (Å²) in [6.07, 6.45) is 5.20. The fourth-order valence-electron chi connectivity index (χ4n) is 6.18. The van der Waals surface area contributed by atoms with Gasteiger partial charge in [-0.15, -0.1) is 0 Å². The fourth-order valence-corrected chi connectivity index (χ4v) is 6.18. The van der Waals surface area contributed by atoms with E-state index in [1.807, 2.05) is 0 Å². The van der Waals surface area contributed by atoms with E-state index in [4.69, 9.17) is 5.73 Å². The van der Waals surface area contributed by atoms with Crippen molar-refractivity contribution in [3.63, 3.8) is 0 Å². The molecule has 0 aliphatic heterocycles. The molecule has 4 aliphatic rings. The van der Waals surface area contributed by atoms with Crippen molar-refractivity contribution < 1.29 is 13.9 Å². The first-order valence-corrected chi connectivity index (χ1v) is 8.82. The third kappa shape index (κ3) is 1.83. The molecule has 0 unspecified atom stereocenters. The Kier molecular flexibility index (Phi) is 3.26. The molecule has 8 atom stereocenters. The molecule has 3 fully saturated rings. The molecule has 22 heavy (non-hydrogen) atoms. The minimum absolute atomic E-state index is 0.0564. The lowest BCUT2D eigenvalue weighted by molar-refractivity contribution is -0.0985. The summed E-state index contributed by atoms with van der Waals surface area (Å²) in [4.78, 5) is 0. The SMILES string of the molecule is C[C@]12CC[C@]3(F)[C@H]4CC[C@H](O)CC4=CC[C@H]3[C@@H]1C[C@H](F)[C@@H]2N. The van der Waals surface area contributed by atoms with Gasteiger partial charge in [-0.1, -0.05) is 18.6 Å². The van der Waals surface area contributed by atoms with Gasteiger partial charge in [0.25, 0.3) is 0 Å². The van der Waals surface area contributed by atoms with Crippen molar-refractivity contribution >= 4 is 0 Å². The number of halogens is 2. The first kappa shape index (κ1) is 15.1. The zero-order valence-electron chi connectivity index (χ0n) is 13.3. The van der Waals surface area contributed by atoms with Crippen LogP contribution in [0.2, 0.25) is 0 Å². The predicted molar refractivity (Wildman–Crippen MR) is 81.7 cm³/mol. The second kappa shape index (κ2) is 4.76. The van der Waals surface area contributed by atoms with Gasteiger partial charge in [-0.3, -0.25) is 0 Å². The van der Waals surface area contributed by atoms with Crippen molar-refractivity contribution in [2.45, 2.75) is 75.9 Å². The number of alkyl halides is 2. The molecule has 4 aliphatic carbocycles. The summed E-state index contributed by atoms with van der Waals surface area (Å²) in [5.74, 6) is -0.1000. The molecule has 0 spiro atoms. The predicted octanol–water partition coefficient (Wildman–Crippen LogP) is 3.29. The van der Waals surface area contributed by atoms with E-state index in [1.165, 1.54) is 0 Å². The number of fused-ring (bicyclic) bond motifs is 5. The first-order valence-electron chi connectivity index (χ1n) is 8.82. The number of allylic oxidation sites excluding steroid dienone is 1. The highest BCUT2D eigenvalue weighted by atomic mass is 19.1. The maximum Gasteiger partial charge on any atom is 0.121 e. The topological polar surface area (TPSA) is 46.2 Å². The fraction of sp³-hybridized carbons (Fsp3) is 0.889. The summed E-state index contributed by atoms with van der Waals surface area (Å²) >= 11 is 0. The normalized spacial score (nSPS) is 57.6. The van der Waals surface area contributed by atoms with Gasteiger partial charge in [0.1, 0.15) is 11.8 Å². The van der Waals surface area contributed by atoms with Crippen LogP contribution in [0.15, 0.2) is 11.6 Å². The summed E-state index contributed by atoms with van der Waals surface area (Å²) in [6, 6.07) is -0.444. The van der Waals surface area contributed by atoms with Gasteiger partial charge in [0.15, 0.2) is 0 Å². The molecule has 0 heterocycles. The van der Waals surface area contributed by atoms with E-state index in [0.29, 0.717) is 38.5 Å². The molecule has 124 valence electrons. The summed E-state index contributed by atoms with van der Waals surface area (Å²) in [5.41, 5.74) is 5.79. The molecule has 3 N–H and O–H groups in total. The van der Waals surface area contributed by atoms with Gasteiger partial charge in [0.2, 0.25) is 0 Å². The largest absolute Gasteiger partial charge is 0.393 e. The zero-order chi connectivity index (χ0) is 15.7. The number of aliphatic hydroxyl groups is 1. The van der Waals surface area contributed by atoms with Crippen LogP contribution in [0.1, 0.15) is 51.9 Å². The number of aliphatic hydroxyl groups excluding tert-OH is 1. The smallest absolute Gasteiger partial charge is 0.121 e. The molecular formula is C18H27F2NO. The molecule has 0 bridgehead atoms. The van der Waals surface area contributed by atoms with Gasteiger partial charge in [-0.2, -0.15) is 0 Å². The first-order chi connectivity index (χ1) is 10.4. The Hall–Kier alpha value is -0.480. The molecule has 4 heteroatoms. The second-order valence-electron chi connectivity index (χ2n) is 8.43. The molecule has 0 saturated heterocycles. The van der Waals surface area contributed by atoms with Crippen molar-refractivity contribution in [2.24, 2.45) is 28.9 Å². The van der Waals surface area contributed by atoms with Crippen LogP contribution in [-0.2, 0) is 0 Å². The van der Waals surface area contributed by atoms with Crippen molar-refractivity contribution in [3.05, 3.63) is 11.6 Å². The maximum atomic E-state index is 16.1. The lowest BCUT2D eigenvalue weighted by Gasteiger charge is -2.56. The Labute approximate surface area is 131 Å². The van der Waals surface area contributed by atoms with E-state index in [-0.39, 0.29) is 29.3 Å². The Balaban J connectivity index is 1.69. The number of nitrogens with two attached hydrogens (primary N) is 1. The standard InChI is InChI=1S/C18H27F2NO/c1-17-6-7-18(20)12-5-3-11(22)8-10(12)2-4-13(18)14(17)9-15(19)16(17)21/h2,11-16,22H,3-9,21H2,1H3/t11-,12-,13-,14-,15-,16-,17-,18-/m0/s1. The summed E-state index contributed by atoms with van der Waals surface area (Å²) in [6.45, 7) is 2.07. The van der Waals surface area contributed by atoms with Gasteiger partial charge in [-0.05, 0) is 56.3 Å². The Morgan fingerprint density at radius 1 is 1.27 bits per heavy atom. The average Bonchev–Trinajstić information content (AvgIpc) is 2.71. The van der Waals surface area contributed by atoms with E-state index in [2.05, 4.69) is 13.0 Å². The lowest BCUT2D eigenvalue weighted by atomic mass is 9.51. The Morgan fingerprint density at radius 3 is 2.82 bits per heavy atom. The van der Waals surface area contributed by atoms with Gasteiger partial charge < -0.3 is 10.8 Å². The highest BCUT2D eigenvalue weighted by molar-refractivity contribution is 5.26. The van der Waals surface area contributed by atoms with E-state index in [9.17, 15) is 9.50 Å². The Bertz CT molecular complexity index is 509. The summed E-state index contributed by atoms with van der Waals surface area (Å²) in [7, 11) is 0. The average molecular weight is 311 g/mol. The van der Waals surface area contributed by atoms with Crippen LogP contribution in [0.5, 0.6) is 0 Å². The quantitative estimate of drug-likeness (QED) is 0.674. The molecule has 0 amide bonds. The van der Waals surface area contributed by atoms with Gasteiger partial charge in [-0.25, -0.2) is 8.78 Å². The maximum absolute atomic E-state index is 16.1. The number of rotatable bonds is 0.